The SMILES string of the molecule is CCOC(=O)C(Cc1ccc(C(=O)C(C)(C)C)cc1)(Cc1ccc(C(=O)C(C)(C)C)cc1)C(=O)OCC. The first-order chi connectivity index (χ1) is 17.2. The average molecular weight is 509 g/mol. The quantitative estimate of drug-likeness (QED) is 0.221. The first-order valence-corrected chi connectivity index (χ1v) is 12.8. The molecule has 200 valence electrons. The largest absolute Gasteiger partial charge is 0.465 e. The normalized spacial score (nSPS) is 12.1. The molecule has 6 heteroatoms. The van der Waals surface area contributed by atoms with Crippen LogP contribution >= 0.6 is 0 Å². The Labute approximate surface area is 220 Å². The minimum atomic E-state index is -1.63. The Balaban J connectivity index is 2.50. The molecule has 0 aliphatic rings. The van der Waals surface area contributed by atoms with Crippen LogP contribution in [0.25, 0.3) is 0 Å². The van der Waals surface area contributed by atoms with Crippen molar-refractivity contribution in [2.45, 2.75) is 68.2 Å². The lowest BCUT2D eigenvalue weighted by atomic mass is 9.75. The number of carbonyl (C=O) groups is 4. The van der Waals surface area contributed by atoms with E-state index in [2.05, 4.69) is 0 Å². The van der Waals surface area contributed by atoms with Crippen molar-refractivity contribution in [3.8, 4) is 0 Å². The van der Waals surface area contributed by atoms with Gasteiger partial charge in [-0.15, -0.1) is 0 Å². The topological polar surface area (TPSA) is 86.7 Å². The van der Waals surface area contributed by atoms with Crippen molar-refractivity contribution in [2.75, 3.05) is 13.2 Å². The van der Waals surface area contributed by atoms with E-state index >= 15 is 0 Å². The smallest absolute Gasteiger partial charge is 0.324 e. The summed E-state index contributed by atoms with van der Waals surface area (Å²) in [7, 11) is 0. The molecule has 0 bridgehead atoms. The Kier molecular flexibility index (Phi) is 9.59. The van der Waals surface area contributed by atoms with Gasteiger partial charge in [0, 0.05) is 22.0 Å². The van der Waals surface area contributed by atoms with Crippen LogP contribution in [-0.2, 0) is 31.9 Å². The molecule has 6 nitrogen and oxygen atoms in total. The molecule has 0 saturated carbocycles. The van der Waals surface area contributed by atoms with Crippen LogP contribution in [0.15, 0.2) is 48.5 Å². The summed E-state index contributed by atoms with van der Waals surface area (Å²) in [5.41, 5.74) is -0.154. The van der Waals surface area contributed by atoms with Gasteiger partial charge in [-0.1, -0.05) is 90.1 Å². The summed E-state index contributed by atoms with van der Waals surface area (Å²) in [5, 5.41) is 0. The van der Waals surface area contributed by atoms with E-state index in [0.29, 0.717) is 22.3 Å². The molecule has 0 aromatic heterocycles. The van der Waals surface area contributed by atoms with Gasteiger partial charge in [0.15, 0.2) is 17.0 Å². The van der Waals surface area contributed by atoms with Crippen LogP contribution in [0, 0.1) is 16.2 Å². The molecule has 0 unspecified atom stereocenters. The highest BCUT2D eigenvalue weighted by Crippen LogP contribution is 2.33. The molecule has 2 rings (SSSR count). The molecule has 0 fully saturated rings. The molecule has 0 aliphatic carbocycles. The summed E-state index contributed by atoms with van der Waals surface area (Å²) in [4.78, 5) is 52.1. The Bertz CT molecular complexity index is 1020. The molecule has 0 amide bonds. The van der Waals surface area contributed by atoms with Gasteiger partial charge < -0.3 is 9.47 Å². The fourth-order valence-electron chi connectivity index (χ4n) is 4.08. The zero-order valence-corrected chi connectivity index (χ0v) is 23.4. The molecule has 2 aromatic rings. The lowest BCUT2D eigenvalue weighted by molar-refractivity contribution is -0.172. The van der Waals surface area contributed by atoms with Crippen molar-refractivity contribution >= 4 is 23.5 Å². The number of rotatable bonds is 10. The summed E-state index contributed by atoms with van der Waals surface area (Å²) in [5.74, 6) is -1.33. The van der Waals surface area contributed by atoms with Crippen molar-refractivity contribution in [1.29, 1.82) is 0 Å². The van der Waals surface area contributed by atoms with Gasteiger partial charge in [0.05, 0.1) is 13.2 Å². The predicted octanol–water partition coefficient (Wildman–Crippen LogP) is 6.04. The highest BCUT2D eigenvalue weighted by atomic mass is 16.6. The van der Waals surface area contributed by atoms with Gasteiger partial charge in [-0.25, -0.2) is 0 Å². The maximum atomic E-state index is 13.4. The van der Waals surface area contributed by atoms with Crippen LogP contribution in [0.5, 0.6) is 0 Å². The minimum Gasteiger partial charge on any atom is -0.465 e. The van der Waals surface area contributed by atoms with E-state index in [0.717, 1.165) is 0 Å². The van der Waals surface area contributed by atoms with Gasteiger partial charge in [-0.3, -0.25) is 19.2 Å². The number of ketones is 2. The lowest BCUT2D eigenvalue weighted by Gasteiger charge is -2.30. The molecule has 37 heavy (non-hydrogen) atoms. The zero-order valence-electron chi connectivity index (χ0n) is 23.4. The Morgan fingerprint density at radius 1 is 0.568 bits per heavy atom. The van der Waals surface area contributed by atoms with Gasteiger partial charge in [-0.2, -0.15) is 0 Å². The van der Waals surface area contributed by atoms with Crippen LogP contribution in [0.4, 0.5) is 0 Å². The van der Waals surface area contributed by atoms with Crippen LogP contribution in [0.1, 0.15) is 87.2 Å². The molecule has 0 heterocycles. The van der Waals surface area contributed by atoms with Crippen molar-refractivity contribution < 1.29 is 28.7 Å². The molecule has 0 aliphatic heterocycles. The van der Waals surface area contributed by atoms with Gasteiger partial charge >= 0.3 is 11.9 Å². The monoisotopic (exact) mass is 508 g/mol. The third-order valence-corrected chi connectivity index (χ3v) is 6.14. The van der Waals surface area contributed by atoms with E-state index in [-0.39, 0.29) is 37.6 Å². The number of hydrogen-bond donors (Lipinski definition) is 0. The summed E-state index contributed by atoms with van der Waals surface area (Å²) in [6.07, 6.45) is 0.0780. The Hall–Kier alpha value is -3.28. The fraction of sp³-hybridized carbons (Fsp3) is 0.484. The predicted molar refractivity (Wildman–Crippen MR) is 144 cm³/mol. The van der Waals surface area contributed by atoms with Crippen molar-refractivity contribution in [3.05, 3.63) is 70.8 Å². The van der Waals surface area contributed by atoms with E-state index in [1.165, 1.54) is 0 Å². The number of hydrogen-bond acceptors (Lipinski definition) is 6. The third kappa shape index (κ3) is 7.37. The average Bonchev–Trinajstić information content (AvgIpc) is 2.82. The van der Waals surface area contributed by atoms with Crippen molar-refractivity contribution in [2.24, 2.45) is 16.2 Å². The molecule has 0 N–H and O–H groups in total. The standard InChI is InChI=1S/C31H40O6/c1-9-36-27(34)31(28(35)37-10-2,19-21-11-15-23(16-12-21)25(32)29(3,4)5)20-22-13-17-24(18-14-22)26(33)30(6,7)8/h11-18H,9-10,19-20H2,1-8H3. The van der Waals surface area contributed by atoms with Gasteiger partial charge in [0.1, 0.15) is 0 Å². The highest BCUT2D eigenvalue weighted by Gasteiger charge is 2.49. The van der Waals surface area contributed by atoms with E-state index in [4.69, 9.17) is 9.47 Å². The number of Topliss-reactive ketones (excluding diaryl/α,β-unsaturated/α-hetero) is 2. The second-order valence-electron chi connectivity index (χ2n) is 11.4. The van der Waals surface area contributed by atoms with Crippen molar-refractivity contribution in [1.82, 2.24) is 0 Å². The first-order valence-electron chi connectivity index (χ1n) is 12.8. The highest BCUT2D eigenvalue weighted by molar-refractivity contribution is 6.02. The maximum Gasteiger partial charge on any atom is 0.324 e. The van der Waals surface area contributed by atoms with Crippen LogP contribution in [0.2, 0.25) is 0 Å². The van der Waals surface area contributed by atoms with Gasteiger partial charge in [0.2, 0.25) is 0 Å². The second kappa shape index (κ2) is 11.8. The molecule has 2 aromatic carbocycles. The molecular formula is C31H40O6. The number of esters is 2. The van der Waals surface area contributed by atoms with Crippen molar-refractivity contribution in [3.63, 3.8) is 0 Å². The number of ether oxygens (including phenoxy) is 2. The minimum absolute atomic E-state index is 0.00555. The van der Waals surface area contributed by atoms with Crippen LogP contribution < -0.4 is 0 Å². The summed E-state index contributed by atoms with van der Waals surface area (Å²) < 4.78 is 10.8. The third-order valence-electron chi connectivity index (χ3n) is 6.14. The summed E-state index contributed by atoms with van der Waals surface area (Å²) in [6.45, 7) is 14.7. The van der Waals surface area contributed by atoms with Gasteiger partial charge in [-0.05, 0) is 37.8 Å². The summed E-state index contributed by atoms with van der Waals surface area (Å²) in [6, 6.07) is 13.9. The molecule has 0 spiro atoms. The number of carbonyl (C=O) groups excluding carboxylic acids is 4. The number of benzene rings is 2. The first kappa shape index (κ1) is 29.9. The van der Waals surface area contributed by atoms with E-state index in [1.54, 1.807) is 62.4 Å². The van der Waals surface area contributed by atoms with Crippen LogP contribution in [0.3, 0.4) is 0 Å². The molecule has 0 radical (unpaired) electrons. The fourth-order valence-corrected chi connectivity index (χ4v) is 4.08. The second-order valence-corrected chi connectivity index (χ2v) is 11.4. The molecular weight excluding hydrogens is 468 g/mol. The van der Waals surface area contributed by atoms with Gasteiger partial charge in [0.25, 0.3) is 0 Å². The van der Waals surface area contributed by atoms with E-state index in [9.17, 15) is 19.2 Å². The molecule has 0 atom stereocenters. The Morgan fingerprint density at radius 2 is 0.865 bits per heavy atom. The van der Waals surface area contributed by atoms with Crippen LogP contribution in [-0.4, -0.2) is 36.7 Å². The summed E-state index contributed by atoms with van der Waals surface area (Å²) >= 11 is 0. The van der Waals surface area contributed by atoms with E-state index in [1.807, 2.05) is 41.5 Å². The van der Waals surface area contributed by atoms with E-state index < -0.39 is 28.2 Å². The molecule has 0 saturated heterocycles. The lowest BCUT2D eigenvalue weighted by Crippen LogP contribution is -2.46. The maximum absolute atomic E-state index is 13.4. The Morgan fingerprint density at radius 3 is 1.11 bits per heavy atom. The zero-order chi connectivity index (χ0) is 28.0.